The maximum absolute atomic E-state index is 11.8. The van der Waals surface area contributed by atoms with Gasteiger partial charge in [0.15, 0.2) is 0 Å². The third-order valence-electron chi connectivity index (χ3n) is 1.44. The van der Waals surface area contributed by atoms with Gasteiger partial charge in [0.2, 0.25) is 11.8 Å². The smallest absolute Gasteiger partial charge is 0.405 e. The third kappa shape index (κ3) is 5.54. The van der Waals surface area contributed by atoms with Gasteiger partial charge in [-0.3, -0.25) is 4.79 Å². The summed E-state index contributed by atoms with van der Waals surface area (Å²) in [5, 5.41) is 8.86. The van der Waals surface area contributed by atoms with Crippen LogP contribution in [0.4, 0.5) is 13.2 Å². The van der Waals surface area contributed by atoms with Crippen molar-refractivity contribution in [2.24, 2.45) is 5.73 Å². The molecule has 1 aromatic rings. The second-order valence-corrected chi connectivity index (χ2v) is 3.77. The van der Waals surface area contributed by atoms with Crippen molar-refractivity contribution in [2.45, 2.75) is 17.9 Å². The van der Waals surface area contributed by atoms with Gasteiger partial charge in [0.05, 0.1) is 12.3 Å². The predicted octanol–water partition coefficient (Wildman–Crippen LogP) is 0.299. The molecule has 1 amide bonds. The number of carbonyl (C=O) groups is 1. The zero-order chi connectivity index (χ0) is 12.9. The summed E-state index contributed by atoms with van der Waals surface area (Å²) in [6.07, 6.45) is -4.42. The predicted molar refractivity (Wildman–Crippen MR) is 52.0 cm³/mol. The van der Waals surface area contributed by atoms with E-state index < -0.39 is 18.6 Å². The minimum Gasteiger partial charge on any atom is -0.415 e. The van der Waals surface area contributed by atoms with Gasteiger partial charge in [-0.1, -0.05) is 11.8 Å². The van der Waals surface area contributed by atoms with Crippen LogP contribution < -0.4 is 11.1 Å². The second-order valence-electron chi connectivity index (χ2n) is 2.85. The maximum atomic E-state index is 11.8. The molecule has 1 aromatic heterocycles. The zero-order valence-corrected chi connectivity index (χ0v) is 9.27. The van der Waals surface area contributed by atoms with E-state index in [0.717, 1.165) is 11.8 Å². The van der Waals surface area contributed by atoms with Crippen LogP contribution in [0.5, 0.6) is 0 Å². The zero-order valence-electron chi connectivity index (χ0n) is 8.45. The lowest BCUT2D eigenvalue weighted by Gasteiger charge is -2.06. The van der Waals surface area contributed by atoms with Crippen molar-refractivity contribution in [2.75, 3.05) is 12.3 Å². The summed E-state index contributed by atoms with van der Waals surface area (Å²) in [5.74, 6) is -0.800. The maximum Gasteiger partial charge on any atom is 0.405 e. The summed E-state index contributed by atoms with van der Waals surface area (Å²) in [6.45, 7) is -1.29. The summed E-state index contributed by atoms with van der Waals surface area (Å²) >= 11 is 0.840. The van der Waals surface area contributed by atoms with Crippen molar-refractivity contribution < 1.29 is 22.4 Å². The van der Waals surface area contributed by atoms with Crippen LogP contribution in [0.2, 0.25) is 0 Å². The first kappa shape index (κ1) is 13.8. The average Bonchev–Trinajstić information content (AvgIpc) is 2.70. The Balaban J connectivity index is 2.28. The fourth-order valence-corrected chi connectivity index (χ4v) is 1.37. The number of carbonyl (C=O) groups excluding carboxylic acids is 1. The standard InChI is InChI=1S/C7H9F3N4O2S/c8-7(9,10)3-12-4(15)2-17-6-14-13-5(1-11)16-6/h1-3,11H2,(H,12,15). The molecule has 0 aliphatic rings. The summed E-state index contributed by atoms with van der Waals surface area (Å²) < 4.78 is 40.2. The van der Waals surface area contributed by atoms with Crippen LogP contribution in [0.1, 0.15) is 5.89 Å². The Morgan fingerprint density at radius 3 is 2.71 bits per heavy atom. The Bertz CT molecular complexity index is 381. The van der Waals surface area contributed by atoms with Crippen molar-refractivity contribution in [3.05, 3.63) is 5.89 Å². The van der Waals surface area contributed by atoms with Gasteiger partial charge in [0.25, 0.3) is 5.22 Å². The van der Waals surface area contributed by atoms with Crippen molar-refractivity contribution in [1.82, 2.24) is 15.5 Å². The van der Waals surface area contributed by atoms with Gasteiger partial charge in [0, 0.05) is 0 Å². The highest BCUT2D eigenvalue weighted by Gasteiger charge is 2.27. The van der Waals surface area contributed by atoms with Crippen LogP contribution >= 0.6 is 11.8 Å². The fourth-order valence-electron chi connectivity index (χ4n) is 0.756. The molecule has 10 heteroatoms. The number of amides is 1. The van der Waals surface area contributed by atoms with E-state index in [1.165, 1.54) is 0 Å². The molecular formula is C7H9F3N4O2S. The third-order valence-corrected chi connectivity index (χ3v) is 2.25. The molecule has 0 saturated heterocycles. The highest BCUT2D eigenvalue weighted by atomic mass is 32.2. The molecule has 0 radical (unpaired) electrons. The molecule has 0 spiro atoms. The van der Waals surface area contributed by atoms with Crippen LogP contribution in [-0.2, 0) is 11.3 Å². The fraction of sp³-hybridized carbons (Fsp3) is 0.571. The van der Waals surface area contributed by atoms with E-state index in [4.69, 9.17) is 10.2 Å². The molecule has 1 heterocycles. The molecule has 0 unspecified atom stereocenters. The molecule has 96 valence electrons. The number of thioether (sulfide) groups is 1. The Labute approximate surface area is 98.1 Å². The number of halogens is 3. The SMILES string of the molecule is NCc1nnc(SCC(=O)NCC(F)(F)F)o1. The molecule has 0 aliphatic heterocycles. The molecular weight excluding hydrogens is 261 g/mol. The number of hydrogen-bond donors (Lipinski definition) is 2. The van der Waals surface area contributed by atoms with Gasteiger partial charge in [-0.15, -0.1) is 10.2 Å². The highest BCUT2D eigenvalue weighted by molar-refractivity contribution is 7.99. The van der Waals surface area contributed by atoms with Crippen LogP contribution in [0.15, 0.2) is 9.64 Å². The Hall–Kier alpha value is -1.29. The van der Waals surface area contributed by atoms with Gasteiger partial charge in [-0.05, 0) is 0 Å². The Morgan fingerprint density at radius 1 is 1.47 bits per heavy atom. The lowest BCUT2D eigenvalue weighted by molar-refractivity contribution is -0.136. The summed E-state index contributed by atoms with van der Waals surface area (Å²) in [5.41, 5.74) is 5.20. The number of nitrogens with one attached hydrogen (secondary N) is 1. The first-order valence-electron chi connectivity index (χ1n) is 4.39. The highest BCUT2D eigenvalue weighted by Crippen LogP contribution is 2.16. The minimum absolute atomic E-state index is 0.0633. The number of rotatable bonds is 5. The molecule has 0 saturated carbocycles. The molecule has 1 rings (SSSR count). The van der Waals surface area contributed by atoms with Crippen LogP contribution in [0, 0.1) is 0 Å². The Kier molecular flexibility index (Phi) is 4.75. The van der Waals surface area contributed by atoms with Crippen molar-refractivity contribution in [3.63, 3.8) is 0 Å². The Morgan fingerprint density at radius 2 is 2.18 bits per heavy atom. The quantitative estimate of drug-likeness (QED) is 0.747. The molecule has 3 N–H and O–H groups in total. The van der Waals surface area contributed by atoms with E-state index in [1.54, 1.807) is 5.32 Å². The summed E-state index contributed by atoms with van der Waals surface area (Å²) in [7, 11) is 0. The van der Waals surface area contributed by atoms with Crippen molar-refractivity contribution in [3.8, 4) is 0 Å². The van der Waals surface area contributed by atoms with Gasteiger partial charge in [-0.2, -0.15) is 13.2 Å². The molecule has 6 nitrogen and oxygen atoms in total. The van der Waals surface area contributed by atoms with Gasteiger partial charge < -0.3 is 15.5 Å². The normalized spacial score (nSPS) is 11.5. The largest absolute Gasteiger partial charge is 0.415 e. The molecule has 0 atom stereocenters. The van der Waals surface area contributed by atoms with Crippen LogP contribution in [0.25, 0.3) is 0 Å². The topological polar surface area (TPSA) is 94.0 Å². The first-order valence-corrected chi connectivity index (χ1v) is 5.38. The molecule has 0 bridgehead atoms. The van der Waals surface area contributed by atoms with E-state index in [0.29, 0.717) is 0 Å². The molecule has 17 heavy (non-hydrogen) atoms. The van der Waals surface area contributed by atoms with E-state index >= 15 is 0 Å². The summed E-state index contributed by atoms with van der Waals surface area (Å²) in [6, 6.07) is 0. The lowest BCUT2D eigenvalue weighted by Crippen LogP contribution is -2.34. The number of nitrogens with two attached hydrogens (primary N) is 1. The van der Waals surface area contributed by atoms with Crippen LogP contribution in [0.3, 0.4) is 0 Å². The number of alkyl halides is 3. The monoisotopic (exact) mass is 270 g/mol. The van der Waals surface area contributed by atoms with Crippen molar-refractivity contribution >= 4 is 17.7 Å². The van der Waals surface area contributed by atoms with E-state index in [9.17, 15) is 18.0 Å². The van der Waals surface area contributed by atoms with Crippen LogP contribution in [-0.4, -0.2) is 34.6 Å². The van der Waals surface area contributed by atoms with Gasteiger partial charge in [0.1, 0.15) is 6.54 Å². The molecule has 0 aromatic carbocycles. The first-order chi connectivity index (χ1) is 7.90. The average molecular weight is 270 g/mol. The number of nitrogens with zero attached hydrogens (tertiary/aromatic N) is 2. The number of aromatic nitrogens is 2. The van der Waals surface area contributed by atoms with E-state index in [-0.39, 0.29) is 23.4 Å². The van der Waals surface area contributed by atoms with Crippen molar-refractivity contribution in [1.29, 1.82) is 0 Å². The minimum atomic E-state index is -4.42. The number of hydrogen-bond acceptors (Lipinski definition) is 6. The van der Waals surface area contributed by atoms with E-state index in [1.807, 2.05) is 0 Å². The van der Waals surface area contributed by atoms with Gasteiger partial charge >= 0.3 is 6.18 Å². The second kappa shape index (κ2) is 5.87. The van der Waals surface area contributed by atoms with Gasteiger partial charge in [-0.25, -0.2) is 0 Å². The van der Waals surface area contributed by atoms with E-state index in [2.05, 4.69) is 10.2 Å². The lowest BCUT2D eigenvalue weighted by atomic mass is 10.6. The molecule has 0 fully saturated rings. The molecule has 0 aliphatic carbocycles. The summed E-state index contributed by atoms with van der Waals surface area (Å²) in [4.78, 5) is 11.0.